The van der Waals surface area contributed by atoms with E-state index in [1.54, 1.807) is 32.0 Å². The van der Waals surface area contributed by atoms with E-state index in [0.29, 0.717) is 0 Å². The van der Waals surface area contributed by atoms with Gasteiger partial charge < -0.3 is 20.2 Å². The van der Waals surface area contributed by atoms with Gasteiger partial charge >= 0.3 is 12.0 Å². The molecule has 0 radical (unpaired) electrons. The smallest absolute Gasteiger partial charge is 0.341 e. The van der Waals surface area contributed by atoms with Crippen molar-refractivity contribution in [3.63, 3.8) is 0 Å². The second kappa shape index (κ2) is 8.65. The molecule has 0 saturated heterocycles. The first-order chi connectivity index (χ1) is 12.8. The molecule has 1 heterocycles. The summed E-state index contributed by atoms with van der Waals surface area (Å²) in [5.74, 6) is -2.57. The molecule has 9 nitrogen and oxygen atoms in total. The lowest BCUT2D eigenvalue weighted by molar-refractivity contribution is -0.130. The number of carbonyl (C=O) groups excluding carboxylic acids is 4. The Bertz CT molecular complexity index is 845. The van der Waals surface area contributed by atoms with Gasteiger partial charge in [0.05, 0.1) is 17.5 Å². The molecular weight excluding hydrogens is 354 g/mol. The zero-order valence-corrected chi connectivity index (χ0v) is 14.7. The van der Waals surface area contributed by atoms with Gasteiger partial charge in [-0.1, -0.05) is 26.0 Å². The highest BCUT2D eigenvalue weighted by molar-refractivity contribution is 6.07. The lowest BCUT2D eigenvalue weighted by Gasteiger charge is -2.20. The average Bonchev–Trinajstić information content (AvgIpc) is 3.13. The van der Waals surface area contributed by atoms with Gasteiger partial charge in [-0.25, -0.2) is 9.59 Å². The predicted molar refractivity (Wildman–Crippen MR) is 94.9 cm³/mol. The van der Waals surface area contributed by atoms with E-state index < -0.39 is 35.8 Å². The lowest BCUT2D eigenvalue weighted by Crippen LogP contribution is -2.45. The van der Waals surface area contributed by atoms with Crippen LogP contribution < -0.4 is 16.4 Å². The van der Waals surface area contributed by atoms with Crippen molar-refractivity contribution in [2.75, 3.05) is 5.32 Å². The first-order valence-corrected chi connectivity index (χ1v) is 8.04. The number of carbonyl (C=O) groups is 4. The van der Waals surface area contributed by atoms with Gasteiger partial charge in [-0.3, -0.25) is 14.9 Å². The topological polar surface area (TPSA) is 141 Å². The van der Waals surface area contributed by atoms with Crippen LogP contribution in [-0.2, 0) is 9.53 Å². The molecule has 0 saturated carbocycles. The summed E-state index contributed by atoms with van der Waals surface area (Å²) >= 11 is 0. The third-order valence-electron chi connectivity index (χ3n) is 3.48. The van der Waals surface area contributed by atoms with Gasteiger partial charge in [0.15, 0.2) is 11.9 Å². The molecule has 0 spiro atoms. The number of primary amides is 1. The average molecular weight is 373 g/mol. The molecular formula is C18H19N3O6. The minimum atomic E-state index is -1.24. The Labute approximate surface area is 154 Å². The minimum Gasteiger partial charge on any atom is -0.459 e. The Morgan fingerprint density at radius 2 is 1.78 bits per heavy atom. The van der Waals surface area contributed by atoms with Crippen LogP contribution in [-0.4, -0.2) is 29.9 Å². The SMILES string of the molecule is CC(C)[C@H](OC(=O)c1ccccc1NC(=O)c1ccco1)C(=O)NC(N)=O. The summed E-state index contributed by atoms with van der Waals surface area (Å²) in [5.41, 5.74) is 5.15. The van der Waals surface area contributed by atoms with Crippen LogP contribution in [0.1, 0.15) is 34.8 Å². The molecule has 27 heavy (non-hydrogen) atoms. The first-order valence-electron chi connectivity index (χ1n) is 8.04. The van der Waals surface area contributed by atoms with Gasteiger partial charge in [0.25, 0.3) is 11.8 Å². The molecule has 0 bridgehead atoms. The number of anilines is 1. The standard InChI is InChI=1S/C18H19N3O6/c1-10(2)14(16(23)21-18(19)25)27-17(24)11-6-3-4-7-12(11)20-15(22)13-8-5-9-26-13/h3-10,14H,1-2H3,(H,20,22)(H3,19,21,23,25)/t14-/m0/s1. The quantitative estimate of drug-likeness (QED) is 0.661. The number of rotatable bonds is 6. The molecule has 0 aliphatic heterocycles. The normalized spacial score (nSPS) is 11.5. The maximum Gasteiger partial charge on any atom is 0.341 e. The van der Waals surface area contributed by atoms with Crippen LogP contribution in [0.25, 0.3) is 0 Å². The van der Waals surface area contributed by atoms with Crippen molar-refractivity contribution in [3.05, 3.63) is 54.0 Å². The third-order valence-corrected chi connectivity index (χ3v) is 3.48. The fraction of sp³-hybridized carbons (Fsp3) is 0.222. The van der Waals surface area contributed by atoms with Crippen molar-refractivity contribution in [1.82, 2.24) is 5.32 Å². The highest BCUT2D eigenvalue weighted by Crippen LogP contribution is 2.19. The fourth-order valence-electron chi connectivity index (χ4n) is 2.23. The van der Waals surface area contributed by atoms with Crippen LogP contribution in [0.2, 0.25) is 0 Å². The summed E-state index contributed by atoms with van der Waals surface area (Å²) in [6.07, 6.45) is 0.110. The number of ether oxygens (including phenoxy) is 1. The number of hydrogen-bond donors (Lipinski definition) is 3. The molecule has 1 aromatic heterocycles. The second-order valence-electron chi connectivity index (χ2n) is 5.90. The van der Waals surface area contributed by atoms with Crippen LogP contribution in [0.5, 0.6) is 0 Å². The van der Waals surface area contributed by atoms with Gasteiger partial charge in [-0.2, -0.15) is 0 Å². The summed E-state index contributed by atoms with van der Waals surface area (Å²) in [6, 6.07) is 8.11. The summed E-state index contributed by atoms with van der Waals surface area (Å²) in [7, 11) is 0. The number of nitrogens with two attached hydrogens (primary N) is 1. The van der Waals surface area contributed by atoms with Gasteiger partial charge in [0.2, 0.25) is 0 Å². The van der Waals surface area contributed by atoms with Crippen molar-refractivity contribution in [2.24, 2.45) is 11.7 Å². The van der Waals surface area contributed by atoms with Crippen LogP contribution in [0.3, 0.4) is 0 Å². The Morgan fingerprint density at radius 3 is 2.37 bits per heavy atom. The van der Waals surface area contributed by atoms with Crippen LogP contribution in [0, 0.1) is 5.92 Å². The Hall–Kier alpha value is -3.62. The molecule has 0 aliphatic carbocycles. The van der Waals surface area contributed by atoms with E-state index in [1.165, 1.54) is 24.5 Å². The van der Waals surface area contributed by atoms with Crippen molar-refractivity contribution >= 4 is 29.5 Å². The number of amides is 4. The predicted octanol–water partition coefficient (Wildman–Crippen LogP) is 1.91. The Kier molecular flexibility index (Phi) is 6.32. The minimum absolute atomic E-state index is 0.0370. The van der Waals surface area contributed by atoms with Crippen LogP contribution in [0.15, 0.2) is 47.1 Å². The molecule has 0 unspecified atom stereocenters. The summed E-state index contributed by atoms with van der Waals surface area (Å²) in [6.45, 7) is 3.28. The van der Waals surface area contributed by atoms with Gasteiger partial charge in [-0.05, 0) is 30.2 Å². The number of para-hydroxylation sites is 1. The molecule has 0 aliphatic rings. The van der Waals surface area contributed by atoms with Crippen LogP contribution in [0.4, 0.5) is 10.5 Å². The molecule has 4 amide bonds. The molecule has 9 heteroatoms. The van der Waals surface area contributed by atoms with E-state index in [9.17, 15) is 19.2 Å². The van der Waals surface area contributed by atoms with Crippen molar-refractivity contribution in [2.45, 2.75) is 20.0 Å². The number of furan rings is 1. The molecule has 2 rings (SSSR count). The zero-order chi connectivity index (χ0) is 20.0. The van der Waals surface area contributed by atoms with Crippen LogP contribution >= 0.6 is 0 Å². The molecule has 4 N–H and O–H groups in total. The van der Waals surface area contributed by atoms with Gasteiger partial charge in [0, 0.05) is 0 Å². The van der Waals surface area contributed by atoms with Crippen molar-refractivity contribution in [1.29, 1.82) is 0 Å². The summed E-state index contributed by atoms with van der Waals surface area (Å²) in [4.78, 5) is 47.6. The van der Waals surface area contributed by atoms with E-state index in [0.717, 1.165) is 0 Å². The van der Waals surface area contributed by atoms with E-state index in [1.807, 2.05) is 5.32 Å². The Balaban J connectivity index is 2.19. The van der Waals surface area contributed by atoms with E-state index in [2.05, 4.69) is 5.32 Å². The molecule has 142 valence electrons. The molecule has 2 aromatic rings. The lowest BCUT2D eigenvalue weighted by atomic mass is 10.1. The highest BCUT2D eigenvalue weighted by atomic mass is 16.5. The number of nitrogens with one attached hydrogen (secondary N) is 2. The maximum absolute atomic E-state index is 12.5. The first kappa shape index (κ1) is 19.7. The molecule has 1 atom stereocenters. The van der Waals surface area contributed by atoms with E-state index in [4.69, 9.17) is 14.9 Å². The summed E-state index contributed by atoms with van der Waals surface area (Å²) < 4.78 is 10.2. The molecule has 0 fully saturated rings. The van der Waals surface area contributed by atoms with Gasteiger partial charge in [-0.15, -0.1) is 0 Å². The van der Waals surface area contributed by atoms with Crippen molar-refractivity contribution < 1.29 is 28.3 Å². The number of hydrogen-bond acceptors (Lipinski definition) is 6. The second-order valence-corrected chi connectivity index (χ2v) is 5.90. The van der Waals surface area contributed by atoms with E-state index in [-0.39, 0.29) is 17.0 Å². The number of esters is 1. The largest absolute Gasteiger partial charge is 0.459 e. The maximum atomic E-state index is 12.5. The zero-order valence-electron chi connectivity index (χ0n) is 14.7. The van der Waals surface area contributed by atoms with E-state index >= 15 is 0 Å². The third kappa shape index (κ3) is 5.18. The summed E-state index contributed by atoms with van der Waals surface area (Å²) in [5, 5.41) is 4.44. The molecule has 1 aromatic carbocycles. The number of imide groups is 1. The fourth-order valence-corrected chi connectivity index (χ4v) is 2.23. The Morgan fingerprint density at radius 1 is 1.07 bits per heavy atom. The number of urea groups is 1. The number of benzene rings is 1. The monoisotopic (exact) mass is 373 g/mol. The highest BCUT2D eigenvalue weighted by Gasteiger charge is 2.29. The van der Waals surface area contributed by atoms with Crippen molar-refractivity contribution in [3.8, 4) is 0 Å². The van der Waals surface area contributed by atoms with Gasteiger partial charge in [0.1, 0.15) is 0 Å².